The van der Waals surface area contributed by atoms with E-state index >= 15 is 0 Å². The number of aromatic nitrogens is 4. The molecule has 8 nitrogen and oxygen atoms in total. The van der Waals surface area contributed by atoms with Gasteiger partial charge in [-0.3, -0.25) is 4.40 Å². The molecule has 31 heavy (non-hydrogen) atoms. The van der Waals surface area contributed by atoms with Crippen LogP contribution < -0.4 is 16.3 Å². The lowest BCUT2D eigenvalue weighted by molar-refractivity contribution is 0.252. The molecule has 9 heteroatoms. The number of carbonyl (C=O) groups excluding carboxylic acids is 1. The van der Waals surface area contributed by atoms with E-state index in [2.05, 4.69) is 34.6 Å². The molecular formula is C22H24N6O2S. The Bertz CT molecular complexity index is 1260. The van der Waals surface area contributed by atoms with Crippen LogP contribution in [0.25, 0.3) is 5.65 Å². The van der Waals surface area contributed by atoms with E-state index in [1.807, 2.05) is 35.7 Å². The third-order valence-electron chi connectivity index (χ3n) is 4.74. The van der Waals surface area contributed by atoms with Gasteiger partial charge in [0, 0.05) is 36.1 Å². The van der Waals surface area contributed by atoms with E-state index in [0.717, 1.165) is 16.3 Å². The molecule has 0 saturated carbocycles. The van der Waals surface area contributed by atoms with Gasteiger partial charge in [-0.05, 0) is 29.8 Å². The highest BCUT2D eigenvalue weighted by molar-refractivity contribution is 7.09. The number of nitrogens with one attached hydrogen (secondary N) is 2. The van der Waals surface area contributed by atoms with Gasteiger partial charge in [0.05, 0.1) is 17.2 Å². The Balaban J connectivity index is 1.33. The van der Waals surface area contributed by atoms with Gasteiger partial charge in [0.15, 0.2) is 5.65 Å². The molecule has 3 aromatic heterocycles. The normalized spacial score (nSPS) is 11.2. The molecule has 2 amide bonds. The number of rotatable bonds is 7. The lowest BCUT2D eigenvalue weighted by Crippen LogP contribution is -2.30. The number of pyridine rings is 1. The molecule has 3 heterocycles. The molecule has 0 aliphatic rings. The monoisotopic (exact) mass is 436 g/mol. The summed E-state index contributed by atoms with van der Waals surface area (Å²) in [6.07, 6.45) is 2.38. The number of benzene rings is 1. The van der Waals surface area contributed by atoms with Gasteiger partial charge in [-0.1, -0.05) is 32.0 Å². The Kier molecular flexibility index (Phi) is 6.13. The number of hydrogen-bond donors (Lipinski definition) is 2. The second-order valence-corrected chi connectivity index (χ2v) is 8.42. The molecule has 4 aromatic rings. The SMILES string of the molecule is CC(C)c1nc(CCNC(=O)Nc2cccc(Cn3nc4ccccn4c3=O)c2)cs1. The van der Waals surface area contributed by atoms with Crippen molar-refractivity contribution in [3.05, 3.63) is 80.8 Å². The summed E-state index contributed by atoms with van der Waals surface area (Å²) in [6, 6.07) is 12.5. The molecule has 1 aromatic carbocycles. The second-order valence-electron chi connectivity index (χ2n) is 7.53. The van der Waals surface area contributed by atoms with Crippen LogP contribution in [0, 0.1) is 0 Å². The third-order valence-corrected chi connectivity index (χ3v) is 5.93. The highest BCUT2D eigenvalue weighted by Crippen LogP contribution is 2.19. The molecule has 0 aliphatic carbocycles. The number of thiazole rings is 1. The van der Waals surface area contributed by atoms with Crippen molar-refractivity contribution in [1.29, 1.82) is 0 Å². The van der Waals surface area contributed by atoms with E-state index < -0.39 is 0 Å². The second kappa shape index (κ2) is 9.13. The fourth-order valence-corrected chi connectivity index (χ4v) is 4.04. The summed E-state index contributed by atoms with van der Waals surface area (Å²) >= 11 is 1.65. The maximum absolute atomic E-state index is 12.4. The average molecular weight is 437 g/mol. The van der Waals surface area contributed by atoms with Crippen LogP contribution in [0.2, 0.25) is 0 Å². The van der Waals surface area contributed by atoms with Crippen LogP contribution in [-0.4, -0.2) is 31.7 Å². The number of urea groups is 1. The highest BCUT2D eigenvalue weighted by Gasteiger charge is 2.09. The molecule has 160 valence electrons. The standard InChI is InChI=1S/C22H24N6O2S/c1-15(2)20-24-18(14-31-20)9-10-23-21(29)25-17-7-5-6-16(12-17)13-28-22(30)27-11-4-3-8-19(27)26-28/h3-8,11-12,14-15H,9-10,13H2,1-2H3,(H2,23,25,29). The average Bonchev–Trinajstić information content (AvgIpc) is 3.34. The van der Waals surface area contributed by atoms with E-state index in [9.17, 15) is 9.59 Å². The summed E-state index contributed by atoms with van der Waals surface area (Å²) in [5.41, 5.74) is 2.92. The van der Waals surface area contributed by atoms with Crippen molar-refractivity contribution in [1.82, 2.24) is 24.5 Å². The number of nitrogens with zero attached hydrogens (tertiary/aromatic N) is 4. The van der Waals surface area contributed by atoms with Crippen LogP contribution in [0.4, 0.5) is 10.5 Å². The number of amides is 2. The predicted octanol–water partition coefficient (Wildman–Crippen LogP) is 3.49. The molecular weight excluding hydrogens is 412 g/mol. The van der Waals surface area contributed by atoms with Gasteiger partial charge in [-0.25, -0.2) is 19.3 Å². The zero-order valence-electron chi connectivity index (χ0n) is 17.4. The van der Waals surface area contributed by atoms with Crippen molar-refractivity contribution in [3.8, 4) is 0 Å². The Morgan fingerprint density at radius 1 is 1.19 bits per heavy atom. The van der Waals surface area contributed by atoms with Crippen molar-refractivity contribution in [2.45, 2.75) is 32.7 Å². The fraction of sp³-hybridized carbons (Fsp3) is 0.273. The van der Waals surface area contributed by atoms with Gasteiger partial charge < -0.3 is 10.6 Å². The van der Waals surface area contributed by atoms with Crippen molar-refractivity contribution in [2.75, 3.05) is 11.9 Å². The Labute approximate surface area is 183 Å². The molecule has 0 atom stereocenters. The quantitative estimate of drug-likeness (QED) is 0.464. The Morgan fingerprint density at radius 2 is 2.06 bits per heavy atom. The molecule has 0 aliphatic heterocycles. The minimum absolute atomic E-state index is 0.200. The van der Waals surface area contributed by atoms with Crippen LogP contribution >= 0.6 is 11.3 Å². The van der Waals surface area contributed by atoms with Crippen molar-refractivity contribution in [2.24, 2.45) is 0 Å². The lowest BCUT2D eigenvalue weighted by Gasteiger charge is -2.08. The summed E-state index contributed by atoms with van der Waals surface area (Å²) in [7, 11) is 0. The van der Waals surface area contributed by atoms with Crippen LogP contribution in [0.15, 0.2) is 58.8 Å². The van der Waals surface area contributed by atoms with Gasteiger partial charge in [0.2, 0.25) is 0 Å². The van der Waals surface area contributed by atoms with Crippen molar-refractivity contribution < 1.29 is 4.79 Å². The van der Waals surface area contributed by atoms with Gasteiger partial charge in [0.1, 0.15) is 0 Å². The summed E-state index contributed by atoms with van der Waals surface area (Å²) in [4.78, 5) is 29.3. The van der Waals surface area contributed by atoms with Gasteiger partial charge in [0.25, 0.3) is 0 Å². The Hall–Kier alpha value is -3.46. The van der Waals surface area contributed by atoms with Gasteiger partial charge >= 0.3 is 11.7 Å². The highest BCUT2D eigenvalue weighted by atomic mass is 32.1. The summed E-state index contributed by atoms with van der Waals surface area (Å²) in [6.45, 7) is 5.06. The third kappa shape index (κ3) is 5.00. The zero-order chi connectivity index (χ0) is 21.8. The maximum atomic E-state index is 12.4. The van der Waals surface area contributed by atoms with Crippen LogP contribution in [0.3, 0.4) is 0 Å². The largest absolute Gasteiger partial charge is 0.350 e. The molecule has 4 rings (SSSR count). The van der Waals surface area contributed by atoms with E-state index in [1.165, 1.54) is 9.08 Å². The minimum Gasteiger partial charge on any atom is -0.337 e. The molecule has 0 fully saturated rings. The summed E-state index contributed by atoms with van der Waals surface area (Å²) in [5, 5.41) is 13.2. The first-order chi connectivity index (χ1) is 15.0. The van der Waals surface area contributed by atoms with Gasteiger partial charge in [-0.2, -0.15) is 0 Å². The fourth-order valence-electron chi connectivity index (χ4n) is 3.17. The van der Waals surface area contributed by atoms with Crippen molar-refractivity contribution in [3.63, 3.8) is 0 Å². The summed E-state index contributed by atoms with van der Waals surface area (Å²) in [5.74, 6) is 0.415. The lowest BCUT2D eigenvalue weighted by atomic mass is 10.2. The number of fused-ring (bicyclic) bond motifs is 1. The first-order valence-electron chi connectivity index (χ1n) is 10.1. The number of hydrogen-bond acceptors (Lipinski definition) is 5. The molecule has 0 saturated heterocycles. The number of carbonyl (C=O) groups is 1. The maximum Gasteiger partial charge on any atom is 0.350 e. The Morgan fingerprint density at radius 3 is 2.84 bits per heavy atom. The molecule has 0 spiro atoms. The van der Waals surface area contributed by atoms with E-state index in [1.54, 1.807) is 29.7 Å². The number of anilines is 1. The van der Waals surface area contributed by atoms with Crippen LogP contribution in [0.5, 0.6) is 0 Å². The topological polar surface area (TPSA) is 93.3 Å². The van der Waals surface area contributed by atoms with E-state index in [0.29, 0.717) is 36.8 Å². The van der Waals surface area contributed by atoms with Gasteiger partial charge in [-0.15, -0.1) is 16.4 Å². The molecule has 0 radical (unpaired) electrons. The van der Waals surface area contributed by atoms with Crippen LogP contribution in [-0.2, 0) is 13.0 Å². The van der Waals surface area contributed by atoms with E-state index in [-0.39, 0.29) is 11.7 Å². The first kappa shape index (κ1) is 20.8. The molecule has 2 N–H and O–H groups in total. The van der Waals surface area contributed by atoms with Crippen molar-refractivity contribution >= 4 is 28.7 Å². The molecule has 0 bridgehead atoms. The molecule has 0 unspecified atom stereocenters. The van der Waals surface area contributed by atoms with Crippen LogP contribution in [0.1, 0.15) is 36.0 Å². The van der Waals surface area contributed by atoms with E-state index in [4.69, 9.17) is 0 Å². The predicted molar refractivity (Wildman–Crippen MR) is 122 cm³/mol. The summed E-state index contributed by atoms with van der Waals surface area (Å²) < 4.78 is 2.91. The zero-order valence-corrected chi connectivity index (χ0v) is 18.2. The minimum atomic E-state index is -0.277. The smallest absolute Gasteiger partial charge is 0.337 e. The first-order valence-corrected chi connectivity index (χ1v) is 11.0.